The normalized spacial score (nSPS) is 12.7. The predicted molar refractivity (Wildman–Crippen MR) is 120 cm³/mol. The Bertz CT molecular complexity index is 910. The van der Waals surface area contributed by atoms with Gasteiger partial charge in [0.15, 0.2) is 0 Å². The van der Waals surface area contributed by atoms with Crippen LogP contribution in [0.5, 0.6) is 0 Å². The zero-order valence-corrected chi connectivity index (χ0v) is 16.6. The summed E-state index contributed by atoms with van der Waals surface area (Å²) in [7, 11) is 0. The lowest BCUT2D eigenvalue weighted by molar-refractivity contribution is 0.971. The van der Waals surface area contributed by atoms with Gasteiger partial charge in [0.1, 0.15) is 0 Å². The van der Waals surface area contributed by atoms with Crippen LogP contribution in [0.3, 0.4) is 0 Å². The van der Waals surface area contributed by atoms with Gasteiger partial charge in [0.05, 0.1) is 0 Å². The average Bonchev–Trinajstić information content (AvgIpc) is 2.68. The minimum Gasteiger partial charge on any atom is -0.359 e. The van der Waals surface area contributed by atoms with Crippen molar-refractivity contribution in [2.24, 2.45) is 0 Å². The third-order valence-electron chi connectivity index (χ3n) is 5.14. The lowest BCUT2D eigenvalue weighted by Gasteiger charge is -2.23. The molecule has 0 amide bonds. The summed E-state index contributed by atoms with van der Waals surface area (Å²) in [6.45, 7) is 16.8. The molecule has 1 aliphatic carbocycles. The van der Waals surface area contributed by atoms with Crippen LogP contribution in [0.1, 0.15) is 48.9 Å². The standard InChI is InChI=1S/C26H29N/c1-6-20(5)27-23-15-13-21(14-16-23)17-19(4)25-12-8-10-22-9-7-11-24(18(2)3)26(22)25/h7,9,11-16,27H,2,4-6,8,10,17H2,1,3H3. The van der Waals surface area contributed by atoms with Gasteiger partial charge in [-0.25, -0.2) is 0 Å². The van der Waals surface area contributed by atoms with Crippen LogP contribution in [0.15, 0.2) is 79.5 Å². The van der Waals surface area contributed by atoms with E-state index in [0.717, 1.165) is 42.6 Å². The highest BCUT2D eigenvalue weighted by Gasteiger charge is 2.18. The van der Waals surface area contributed by atoms with E-state index < -0.39 is 0 Å². The number of anilines is 1. The molecule has 0 saturated heterocycles. The van der Waals surface area contributed by atoms with E-state index in [-0.39, 0.29) is 0 Å². The van der Waals surface area contributed by atoms with E-state index in [9.17, 15) is 0 Å². The zero-order valence-electron chi connectivity index (χ0n) is 16.6. The van der Waals surface area contributed by atoms with E-state index >= 15 is 0 Å². The Balaban J connectivity index is 1.81. The Hall–Kier alpha value is -2.80. The van der Waals surface area contributed by atoms with E-state index in [1.165, 1.54) is 33.4 Å². The maximum atomic E-state index is 4.43. The summed E-state index contributed by atoms with van der Waals surface area (Å²) in [6.07, 6.45) is 6.29. The number of fused-ring (bicyclic) bond motifs is 1. The smallest absolute Gasteiger partial charge is 0.0381 e. The maximum Gasteiger partial charge on any atom is 0.0381 e. The van der Waals surface area contributed by atoms with Crippen LogP contribution in [0.25, 0.3) is 11.1 Å². The van der Waals surface area contributed by atoms with Crippen molar-refractivity contribution >= 4 is 16.8 Å². The molecular formula is C26H29N. The van der Waals surface area contributed by atoms with Gasteiger partial charge >= 0.3 is 0 Å². The number of hydrogen-bond donors (Lipinski definition) is 1. The van der Waals surface area contributed by atoms with Gasteiger partial charge in [-0.15, -0.1) is 0 Å². The second-order valence-corrected chi connectivity index (χ2v) is 7.34. The van der Waals surface area contributed by atoms with Crippen molar-refractivity contribution in [3.8, 4) is 0 Å². The molecule has 1 N–H and O–H groups in total. The average molecular weight is 356 g/mol. The minimum absolute atomic E-state index is 0.852. The first-order valence-corrected chi connectivity index (χ1v) is 9.69. The molecule has 2 aromatic rings. The third kappa shape index (κ3) is 4.31. The van der Waals surface area contributed by atoms with Crippen molar-refractivity contribution in [2.45, 2.75) is 39.5 Å². The van der Waals surface area contributed by atoms with Crippen molar-refractivity contribution in [2.75, 3.05) is 5.32 Å². The Morgan fingerprint density at radius 3 is 2.44 bits per heavy atom. The first-order chi connectivity index (χ1) is 13.0. The van der Waals surface area contributed by atoms with Crippen molar-refractivity contribution in [3.05, 3.63) is 102 Å². The highest BCUT2D eigenvalue weighted by molar-refractivity contribution is 5.88. The molecule has 0 radical (unpaired) electrons. The summed E-state index contributed by atoms with van der Waals surface area (Å²) in [5, 5.41) is 3.33. The molecule has 1 heteroatoms. The van der Waals surface area contributed by atoms with Gasteiger partial charge in [-0.2, -0.15) is 0 Å². The van der Waals surface area contributed by atoms with Crippen molar-refractivity contribution in [3.63, 3.8) is 0 Å². The first-order valence-electron chi connectivity index (χ1n) is 9.69. The van der Waals surface area contributed by atoms with E-state index in [1.54, 1.807) is 0 Å². The number of rotatable bonds is 7. The van der Waals surface area contributed by atoms with Crippen molar-refractivity contribution < 1.29 is 0 Å². The molecule has 0 heterocycles. The number of nitrogens with one attached hydrogen (secondary N) is 1. The fraction of sp³-hybridized carbons (Fsp3) is 0.231. The maximum absolute atomic E-state index is 4.43. The largest absolute Gasteiger partial charge is 0.359 e. The number of aryl methyl sites for hydroxylation is 1. The lowest BCUT2D eigenvalue weighted by Crippen LogP contribution is -2.06. The molecular weight excluding hydrogens is 326 g/mol. The lowest BCUT2D eigenvalue weighted by atomic mass is 9.81. The van der Waals surface area contributed by atoms with Gasteiger partial charge in [0.2, 0.25) is 0 Å². The molecule has 0 bridgehead atoms. The first kappa shape index (κ1) is 19.0. The van der Waals surface area contributed by atoms with E-state index in [0.29, 0.717) is 0 Å². The minimum atomic E-state index is 0.852. The molecule has 0 fully saturated rings. The quantitative estimate of drug-likeness (QED) is 0.554. The molecule has 3 rings (SSSR count). The summed E-state index contributed by atoms with van der Waals surface area (Å²) in [5.74, 6) is 0. The highest BCUT2D eigenvalue weighted by Crippen LogP contribution is 2.37. The van der Waals surface area contributed by atoms with E-state index in [1.807, 2.05) is 0 Å². The molecule has 1 aliphatic rings. The van der Waals surface area contributed by atoms with Crippen LogP contribution in [0, 0.1) is 0 Å². The SMILES string of the molecule is C=C(CC)Nc1ccc(CC(=C)C2=CCCc3cccc(C(=C)C)c32)cc1. The zero-order chi connectivity index (χ0) is 19.4. The Labute approximate surface area is 163 Å². The summed E-state index contributed by atoms with van der Waals surface area (Å²) < 4.78 is 0. The molecule has 2 aromatic carbocycles. The van der Waals surface area contributed by atoms with Crippen LogP contribution < -0.4 is 5.32 Å². The van der Waals surface area contributed by atoms with Crippen LogP contribution >= 0.6 is 0 Å². The van der Waals surface area contributed by atoms with E-state index in [4.69, 9.17) is 0 Å². The third-order valence-corrected chi connectivity index (χ3v) is 5.14. The van der Waals surface area contributed by atoms with Crippen molar-refractivity contribution in [1.82, 2.24) is 0 Å². The summed E-state index contributed by atoms with van der Waals surface area (Å²) in [4.78, 5) is 0. The molecule has 0 aliphatic heterocycles. The van der Waals surface area contributed by atoms with E-state index in [2.05, 4.69) is 87.4 Å². The van der Waals surface area contributed by atoms with Gasteiger partial charge in [0, 0.05) is 11.4 Å². The fourth-order valence-electron chi connectivity index (χ4n) is 3.62. The van der Waals surface area contributed by atoms with Crippen molar-refractivity contribution in [1.29, 1.82) is 0 Å². The van der Waals surface area contributed by atoms with Crippen LogP contribution in [0.4, 0.5) is 5.69 Å². The molecule has 27 heavy (non-hydrogen) atoms. The Morgan fingerprint density at radius 1 is 1.04 bits per heavy atom. The van der Waals surface area contributed by atoms with Crippen LogP contribution in [0.2, 0.25) is 0 Å². The number of hydrogen-bond acceptors (Lipinski definition) is 1. The Kier molecular flexibility index (Phi) is 5.81. The molecule has 0 atom stereocenters. The van der Waals surface area contributed by atoms with Gasteiger partial charge in [-0.3, -0.25) is 0 Å². The number of benzene rings is 2. The fourth-order valence-corrected chi connectivity index (χ4v) is 3.62. The van der Waals surface area contributed by atoms with Gasteiger partial charge in [-0.1, -0.05) is 68.6 Å². The Morgan fingerprint density at radius 2 is 1.78 bits per heavy atom. The topological polar surface area (TPSA) is 12.0 Å². The van der Waals surface area contributed by atoms with Crippen LogP contribution in [-0.2, 0) is 12.8 Å². The summed E-state index contributed by atoms with van der Waals surface area (Å²) in [5.41, 5.74) is 10.9. The highest BCUT2D eigenvalue weighted by atomic mass is 14.9. The second kappa shape index (κ2) is 8.26. The second-order valence-electron chi connectivity index (χ2n) is 7.34. The molecule has 1 nitrogen and oxygen atoms in total. The monoisotopic (exact) mass is 355 g/mol. The predicted octanol–water partition coefficient (Wildman–Crippen LogP) is 7.18. The van der Waals surface area contributed by atoms with Crippen LogP contribution in [-0.4, -0.2) is 0 Å². The summed E-state index contributed by atoms with van der Waals surface area (Å²) >= 11 is 0. The van der Waals surface area contributed by atoms with Gasteiger partial charge in [0.25, 0.3) is 0 Å². The summed E-state index contributed by atoms with van der Waals surface area (Å²) in [6, 6.07) is 15.1. The van der Waals surface area contributed by atoms with Gasteiger partial charge < -0.3 is 5.32 Å². The van der Waals surface area contributed by atoms with Gasteiger partial charge in [-0.05, 0) is 78.1 Å². The molecule has 0 spiro atoms. The molecule has 138 valence electrons. The molecule has 0 unspecified atom stereocenters. The molecule has 0 saturated carbocycles. The molecule has 0 aromatic heterocycles. The number of allylic oxidation sites excluding steroid dienone is 5.